The monoisotopic (exact) mass is 240 g/mol. The average Bonchev–Trinajstić information content (AvgIpc) is 2.60. The summed E-state index contributed by atoms with van der Waals surface area (Å²) >= 11 is 0. The van der Waals surface area contributed by atoms with Crippen molar-refractivity contribution in [3.8, 4) is 0 Å². The SMILES string of the molecule is C[C@@H]1CC2=NOC[C@@H]2CN1C(=O)OC(C)(C)C. The highest BCUT2D eigenvalue weighted by atomic mass is 16.6. The number of likely N-dealkylation sites (tertiary alicyclic amines) is 1. The van der Waals surface area contributed by atoms with Gasteiger partial charge in [-0.25, -0.2) is 4.79 Å². The Labute approximate surface area is 102 Å². The topological polar surface area (TPSA) is 51.1 Å². The minimum atomic E-state index is -0.447. The summed E-state index contributed by atoms with van der Waals surface area (Å²) in [7, 11) is 0. The molecule has 2 aliphatic rings. The zero-order valence-electron chi connectivity index (χ0n) is 10.9. The number of hydrogen-bond donors (Lipinski definition) is 0. The summed E-state index contributed by atoms with van der Waals surface area (Å²) in [5, 5.41) is 4.01. The molecule has 2 heterocycles. The summed E-state index contributed by atoms with van der Waals surface area (Å²) in [5.74, 6) is 0.249. The molecule has 2 aliphatic heterocycles. The summed E-state index contributed by atoms with van der Waals surface area (Å²) < 4.78 is 5.40. The zero-order valence-corrected chi connectivity index (χ0v) is 10.9. The standard InChI is InChI=1S/C12H20N2O3/c1-8-5-10-9(7-16-13-10)6-14(8)11(15)17-12(2,3)4/h8-9H,5-7H2,1-4H3/t8-,9+/m1/s1. The van der Waals surface area contributed by atoms with E-state index in [1.807, 2.05) is 27.7 Å². The maximum atomic E-state index is 12.0. The van der Waals surface area contributed by atoms with Crippen molar-refractivity contribution in [1.82, 2.24) is 4.90 Å². The highest BCUT2D eigenvalue weighted by molar-refractivity contribution is 5.90. The van der Waals surface area contributed by atoms with Gasteiger partial charge in [-0.3, -0.25) is 0 Å². The van der Waals surface area contributed by atoms with E-state index in [1.165, 1.54) is 0 Å². The lowest BCUT2D eigenvalue weighted by atomic mass is 9.93. The molecule has 2 rings (SSSR count). The minimum Gasteiger partial charge on any atom is -0.444 e. The number of carbonyl (C=O) groups is 1. The molecule has 0 saturated carbocycles. The van der Waals surface area contributed by atoms with Gasteiger partial charge < -0.3 is 14.5 Å². The number of oxime groups is 1. The van der Waals surface area contributed by atoms with Crippen LogP contribution >= 0.6 is 0 Å². The molecule has 0 aromatic carbocycles. The van der Waals surface area contributed by atoms with Crippen LogP contribution < -0.4 is 0 Å². The van der Waals surface area contributed by atoms with E-state index in [1.54, 1.807) is 4.90 Å². The minimum absolute atomic E-state index is 0.126. The van der Waals surface area contributed by atoms with Gasteiger partial charge in [0.15, 0.2) is 0 Å². The van der Waals surface area contributed by atoms with Gasteiger partial charge in [-0.1, -0.05) is 5.16 Å². The van der Waals surface area contributed by atoms with Crippen molar-refractivity contribution in [1.29, 1.82) is 0 Å². The van der Waals surface area contributed by atoms with Crippen LogP contribution in [0.3, 0.4) is 0 Å². The van der Waals surface area contributed by atoms with Gasteiger partial charge in [0.1, 0.15) is 12.2 Å². The number of rotatable bonds is 0. The average molecular weight is 240 g/mol. The smallest absolute Gasteiger partial charge is 0.410 e. The largest absolute Gasteiger partial charge is 0.444 e. The molecule has 0 radical (unpaired) electrons. The second-order valence-corrected chi connectivity index (χ2v) is 5.76. The maximum Gasteiger partial charge on any atom is 0.410 e. The van der Waals surface area contributed by atoms with E-state index >= 15 is 0 Å². The molecule has 0 aliphatic carbocycles. The number of hydrogen-bond acceptors (Lipinski definition) is 4. The Morgan fingerprint density at radius 3 is 2.88 bits per heavy atom. The predicted octanol–water partition coefficient (Wildman–Crippen LogP) is 2.02. The van der Waals surface area contributed by atoms with Crippen LogP contribution in [0.5, 0.6) is 0 Å². The van der Waals surface area contributed by atoms with Crippen LogP contribution in [-0.4, -0.2) is 41.5 Å². The zero-order chi connectivity index (χ0) is 12.6. The molecule has 1 fully saturated rings. The third-order valence-corrected chi connectivity index (χ3v) is 3.01. The molecule has 0 aromatic heterocycles. The van der Waals surface area contributed by atoms with Crippen LogP contribution in [0.2, 0.25) is 0 Å². The molecule has 96 valence electrons. The Morgan fingerprint density at radius 2 is 2.24 bits per heavy atom. The van der Waals surface area contributed by atoms with Crippen molar-refractivity contribution in [3.63, 3.8) is 0 Å². The molecule has 5 heteroatoms. The summed E-state index contributed by atoms with van der Waals surface area (Å²) in [6.07, 6.45) is 0.542. The highest BCUT2D eigenvalue weighted by Crippen LogP contribution is 2.25. The fourth-order valence-corrected chi connectivity index (χ4v) is 2.15. The molecule has 5 nitrogen and oxygen atoms in total. The van der Waals surface area contributed by atoms with Crippen LogP contribution in [0.15, 0.2) is 5.16 Å². The van der Waals surface area contributed by atoms with Crippen molar-refractivity contribution >= 4 is 11.8 Å². The molecule has 17 heavy (non-hydrogen) atoms. The molecule has 1 saturated heterocycles. The molecule has 0 N–H and O–H groups in total. The van der Waals surface area contributed by atoms with Crippen molar-refractivity contribution in [2.45, 2.75) is 45.8 Å². The Balaban J connectivity index is 2.01. The van der Waals surface area contributed by atoms with Gasteiger partial charge in [-0.05, 0) is 27.7 Å². The first-order valence-electron chi connectivity index (χ1n) is 6.05. The quantitative estimate of drug-likeness (QED) is 0.651. The summed E-state index contributed by atoms with van der Waals surface area (Å²) in [5.41, 5.74) is 0.634. The van der Waals surface area contributed by atoms with Gasteiger partial charge in [0.2, 0.25) is 0 Å². The molecular weight excluding hydrogens is 220 g/mol. The lowest BCUT2D eigenvalue weighted by Crippen LogP contribution is -2.50. The summed E-state index contributed by atoms with van der Waals surface area (Å²) in [6, 6.07) is 0.126. The molecule has 0 unspecified atom stereocenters. The molecule has 0 bridgehead atoms. The Hall–Kier alpha value is -1.26. The van der Waals surface area contributed by atoms with Crippen molar-refractivity contribution in [2.24, 2.45) is 11.1 Å². The van der Waals surface area contributed by atoms with Crippen LogP contribution in [0.1, 0.15) is 34.1 Å². The second kappa shape index (κ2) is 4.20. The number of ether oxygens (including phenoxy) is 1. The number of amides is 1. The van der Waals surface area contributed by atoms with Crippen LogP contribution in [-0.2, 0) is 9.57 Å². The summed E-state index contributed by atoms with van der Waals surface area (Å²) in [6.45, 7) is 8.89. The van der Waals surface area contributed by atoms with Crippen molar-refractivity contribution < 1.29 is 14.4 Å². The van der Waals surface area contributed by atoms with E-state index in [0.29, 0.717) is 13.2 Å². The van der Waals surface area contributed by atoms with E-state index < -0.39 is 5.60 Å². The number of fused-ring (bicyclic) bond motifs is 1. The first-order valence-corrected chi connectivity index (χ1v) is 6.05. The normalized spacial score (nSPS) is 28.2. The molecule has 0 spiro atoms. The Bertz CT molecular complexity index is 346. The fraction of sp³-hybridized carbons (Fsp3) is 0.833. The van der Waals surface area contributed by atoms with E-state index in [9.17, 15) is 4.79 Å². The summed E-state index contributed by atoms with van der Waals surface area (Å²) in [4.78, 5) is 18.9. The maximum absolute atomic E-state index is 12.0. The van der Waals surface area contributed by atoms with Crippen molar-refractivity contribution in [2.75, 3.05) is 13.2 Å². The van der Waals surface area contributed by atoms with Gasteiger partial charge in [0.25, 0.3) is 0 Å². The predicted molar refractivity (Wildman–Crippen MR) is 63.9 cm³/mol. The van der Waals surface area contributed by atoms with Gasteiger partial charge in [-0.2, -0.15) is 0 Å². The Kier molecular flexibility index (Phi) is 3.02. The van der Waals surface area contributed by atoms with Crippen LogP contribution in [0, 0.1) is 5.92 Å². The van der Waals surface area contributed by atoms with Gasteiger partial charge in [-0.15, -0.1) is 0 Å². The van der Waals surface area contributed by atoms with E-state index in [2.05, 4.69) is 5.16 Å². The van der Waals surface area contributed by atoms with E-state index in [0.717, 1.165) is 12.1 Å². The number of nitrogens with zero attached hydrogens (tertiary/aromatic N) is 2. The second-order valence-electron chi connectivity index (χ2n) is 5.76. The molecule has 1 amide bonds. The first kappa shape index (κ1) is 12.2. The Morgan fingerprint density at radius 1 is 1.53 bits per heavy atom. The number of carbonyl (C=O) groups excluding carboxylic acids is 1. The van der Waals surface area contributed by atoms with Crippen molar-refractivity contribution in [3.05, 3.63) is 0 Å². The highest BCUT2D eigenvalue weighted by Gasteiger charge is 2.38. The first-order chi connectivity index (χ1) is 7.87. The van der Waals surface area contributed by atoms with Gasteiger partial charge >= 0.3 is 6.09 Å². The molecule has 2 atom stereocenters. The van der Waals surface area contributed by atoms with Crippen LogP contribution in [0.4, 0.5) is 4.79 Å². The number of piperidine rings is 1. The van der Waals surface area contributed by atoms with E-state index in [4.69, 9.17) is 9.57 Å². The van der Waals surface area contributed by atoms with E-state index in [-0.39, 0.29) is 18.1 Å². The lowest BCUT2D eigenvalue weighted by molar-refractivity contribution is 0.0128. The fourth-order valence-electron chi connectivity index (χ4n) is 2.15. The van der Waals surface area contributed by atoms with Crippen LogP contribution in [0.25, 0.3) is 0 Å². The third-order valence-electron chi connectivity index (χ3n) is 3.01. The van der Waals surface area contributed by atoms with Gasteiger partial charge in [0.05, 0.1) is 11.6 Å². The third kappa shape index (κ3) is 2.70. The molecule has 0 aromatic rings. The lowest BCUT2D eigenvalue weighted by Gasteiger charge is -2.36. The van der Waals surface area contributed by atoms with Gasteiger partial charge in [0, 0.05) is 19.0 Å². The molecular formula is C12H20N2O3.